The second-order valence-electron chi connectivity index (χ2n) is 7.44. The molecule has 1 amide bonds. The molecule has 0 unspecified atom stereocenters. The molecule has 162 valence electrons. The zero-order chi connectivity index (χ0) is 21.8. The lowest BCUT2D eigenvalue weighted by Gasteiger charge is -2.33. The SMILES string of the molecule is COc1ccc(OC2CCN(c3nnc(C(N)=O)c(Cc4ccn[nH]4)c3C)CC2)cn1. The predicted octanol–water partition coefficient (Wildman–Crippen LogP) is 1.65. The van der Waals surface area contributed by atoms with Crippen molar-refractivity contribution in [2.24, 2.45) is 5.73 Å². The van der Waals surface area contributed by atoms with Gasteiger partial charge in [0, 0.05) is 50.3 Å². The first-order valence-electron chi connectivity index (χ1n) is 10.1. The molecule has 3 aromatic heterocycles. The lowest BCUT2D eigenvalue weighted by molar-refractivity contribution is 0.0993. The van der Waals surface area contributed by atoms with Crippen LogP contribution in [0.3, 0.4) is 0 Å². The number of anilines is 1. The zero-order valence-corrected chi connectivity index (χ0v) is 17.5. The molecular weight excluding hydrogens is 398 g/mol. The number of nitrogens with zero attached hydrogens (tertiary/aromatic N) is 5. The molecule has 1 aliphatic heterocycles. The van der Waals surface area contributed by atoms with E-state index in [0.717, 1.165) is 54.3 Å². The number of nitrogens with two attached hydrogens (primary N) is 1. The van der Waals surface area contributed by atoms with E-state index in [1.165, 1.54) is 0 Å². The molecular formula is C21H25N7O3. The first-order chi connectivity index (χ1) is 15.0. The molecule has 3 aromatic rings. The van der Waals surface area contributed by atoms with Gasteiger partial charge in [0.2, 0.25) is 5.88 Å². The van der Waals surface area contributed by atoms with Crippen LogP contribution in [0, 0.1) is 6.92 Å². The number of ether oxygens (including phenoxy) is 2. The van der Waals surface area contributed by atoms with Crippen molar-refractivity contribution in [3.05, 3.63) is 53.1 Å². The van der Waals surface area contributed by atoms with Crippen LogP contribution in [0.4, 0.5) is 5.82 Å². The van der Waals surface area contributed by atoms with Gasteiger partial charge in [0.15, 0.2) is 11.5 Å². The lowest BCUT2D eigenvalue weighted by Crippen LogP contribution is -2.39. The minimum atomic E-state index is -0.586. The van der Waals surface area contributed by atoms with Gasteiger partial charge in [0.1, 0.15) is 11.9 Å². The lowest BCUT2D eigenvalue weighted by atomic mass is 10.0. The highest BCUT2D eigenvalue weighted by Gasteiger charge is 2.26. The smallest absolute Gasteiger partial charge is 0.269 e. The number of carbonyl (C=O) groups excluding carboxylic acids is 1. The van der Waals surface area contributed by atoms with Crippen molar-refractivity contribution in [2.75, 3.05) is 25.1 Å². The average Bonchev–Trinajstić information content (AvgIpc) is 3.29. The van der Waals surface area contributed by atoms with E-state index >= 15 is 0 Å². The van der Waals surface area contributed by atoms with E-state index in [2.05, 4.69) is 30.3 Å². The highest BCUT2D eigenvalue weighted by molar-refractivity contribution is 5.93. The van der Waals surface area contributed by atoms with Gasteiger partial charge < -0.3 is 20.1 Å². The van der Waals surface area contributed by atoms with E-state index in [4.69, 9.17) is 15.2 Å². The predicted molar refractivity (Wildman–Crippen MR) is 113 cm³/mol. The third kappa shape index (κ3) is 4.57. The van der Waals surface area contributed by atoms with Crippen LogP contribution in [0.25, 0.3) is 0 Å². The van der Waals surface area contributed by atoms with Crippen molar-refractivity contribution < 1.29 is 14.3 Å². The van der Waals surface area contributed by atoms with E-state index in [9.17, 15) is 4.79 Å². The van der Waals surface area contributed by atoms with Crippen molar-refractivity contribution in [1.29, 1.82) is 0 Å². The minimum Gasteiger partial charge on any atom is -0.489 e. The summed E-state index contributed by atoms with van der Waals surface area (Å²) in [4.78, 5) is 18.3. The second kappa shape index (κ2) is 8.99. The highest BCUT2D eigenvalue weighted by atomic mass is 16.5. The first-order valence-corrected chi connectivity index (χ1v) is 10.1. The van der Waals surface area contributed by atoms with E-state index < -0.39 is 5.91 Å². The number of hydrogen-bond acceptors (Lipinski definition) is 8. The summed E-state index contributed by atoms with van der Waals surface area (Å²) in [6.07, 6.45) is 5.59. The van der Waals surface area contributed by atoms with Gasteiger partial charge in [-0.25, -0.2) is 4.98 Å². The molecule has 0 atom stereocenters. The summed E-state index contributed by atoms with van der Waals surface area (Å²) in [5.41, 5.74) is 8.28. The zero-order valence-electron chi connectivity index (χ0n) is 17.5. The quantitative estimate of drug-likeness (QED) is 0.586. The monoisotopic (exact) mass is 423 g/mol. The van der Waals surface area contributed by atoms with Gasteiger partial charge in [-0.2, -0.15) is 5.10 Å². The van der Waals surface area contributed by atoms with Crippen LogP contribution in [0.15, 0.2) is 30.6 Å². The maximum Gasteiger partial charge on any atom is 0.269 e. The van der Waals surface area contributed by atoms with Crippen LogP contribution >= 0.6 is 0 Å². The number of aromatic amines is 1. The molecule has 0 spiro atoms. The molecule has 4 heterocycles. The molecule has 10 heteroatoms. The number of nitrogens with one attached hydrogen (secondary N) is 1. The van der Waals surface area contributed by atoms with Gasteiger partial charge in [-0.15, -0.1) is 10.2 Å². The summed E-state index contributed by atoms with van der Waals surface area (Å²) in [7, 11) is 1.58. The van der Waals surface area contributed by atoms with Gasteiger partial charge in [0.05, 0.1) is 13.3 Å². The topological polar surface area (TPSA) is 132 Å². The summed E-state index contributed by atoms with van der Waals surface area (Å²) in [6.45, 7) is 3.49. The first kappa shape index (κ1) is 20.6. The fourth-order valence-electron chi connectivity index (χ4n) is 3.77. The Morgan fingerprint density at radius 1 is 1.26 bits per heavy atom. The highest BCUT2D eigenvalue weighted by Crippen LogP contribution is 2.28. The Hall–Kier alpha value is -3.69. The number of rotatable bonds is 7. The molecule has 1 aliphatic rings. The largest absolute Gasteiger partial charge is 0.489 e. The van der Waals surface area contributed by atoms with Crippen LogP contribution in [-0.4, -0.2) is 57.6 Å². The van der Waals surface area contributed by atoms with Crippen molar-refractivity contribution in [3.63, 3.8) is 0 Å². The summed E-state index contributed by atoms with van der Waals surface area (Å²) in [5.74, 6) is 1.46. The number of primary amides is 1. The molecule has 1 saturated heterocycles. The maximum atomic E-state index is 11.9. The fraction of sp³-hybridized carbons (Fsp3) is 0.381. The number of H-pyrrole nitrogens is 1. The molecule has 31 heavy (non-hydrogen) atoms. The van der Waals surface area contributed by atoms with Crippen molar-refractivity contribution in [2.45, 2.75) is 32.3 Å². The maximum absolute atomic E-state index is 11.9. The summed E-state index contributed by atoms with van der Waals surface area (Å²) in [5, 5.41) is 15.4. The normalized spacial score (nSPS) is 14.5. The van der Waals surface area contributed by atoms with Crippen LogP contribution < -0.4 is 20.1 Å². The Labute approximate surface area is 179 Å². The number of hydrogen-bond donors (Lipinski definition) is 2. The van der Waals surface area contributed by atoms with Crippen molar-refractivity contribution in [1.82, 2.24) is 25.4 Å². The molecule has 0 saturated carbocycles. The molecule has 1 fully saturated rings. The standard InChI is InChI=1S/C21H25N7O3/c1-13-17(11-14-5-8-24-25-14)19(20(22)29)26-27-21(13)28-9-6-15(7-10-28)31-16-3-4-18(30-2)23-12-16/h3-5,8,12,15H,6-7,9-11H2,1-2H3,(H2,22,29)(H,24,25). The molecule has 0 aromatic carbocycles. The number of aromatic nitrogens is 5. The van der Waals surface area contributed by atoms with E-state index in [0.29, 0.717) is 12.3 Å². The number of carbonyl (C=O) groups is 1. The Morgan fingerprint density at radius 3 is 2.68 bits per heavy atom. The third-order valence-corrected chi connectivity index (χ3v) is 5.44. The molecule has 3 N–H and O–H groups in total. The number of methoxy groups -OCH3 is 1. The Balaban J connectivity index is 1.46. The molecule has 0 radical (unpaired) electrons. The summed E-state index contributed by atoms with van der Waals surface area (Å²) in [6, 6.07) is 5.50. The van der Waals surface area contributed by atoms with Gasteiger partial charge in [-0.05, 0) is 30.2 Å². The minimum absolute atomic E-state index is 0.0917. The third-order valence-electron chi connectivity index (χ3n) is 5.44. The Kier molecular flexibility index (Phi) is 5.96. The van der Waals surface area contributed by atoms with E-state index in [1.807, 2.05) is 19.1 Å². The van der Waals surface area contributed by atoms with Gasteiger partial charge in [-0.3, -0.25) is 9.89 Å². The number of pyridine rings is 1. The number of amides is 1. The molecule has 4 rings (SSSR count). The van der Waals surface area contributed by atoms with Crippen molar-refractivity contribution >= 4 is 11.7 Å². The average molecular weight is 423 g/mol. The fourth-order valence-corrected chi connectivity index (χ4v) is 3.77. The summed E-state index contributed by atoms with van der Waals surface area (Å²) >= 11 is 0. The van der Waals surface area contributed by atoms with Crippen LogP contribution in [0.5, 0.6) is 11.6 Å². The molecule has 0 bridgehead atoms. The number of piperidine rings is 1. The van der Waals surface area contributed by atoms with Gasteiger partial charge >= 0.3 is 0 Å². The van der Waals surface area contributed by atoms with E-state index in [1.54, 1.807) is 25.6 Å². The van der Waals surface area contributed by atoms with Crippen LogP contribution in [-0.2, 0) is 6.42 Å². The van der Waals surface area contributed by atoms with Gasteiger partial charge in [-0.1, -0.05) is 0 Å². The van der Waals surface area contributed by atoms with Crippen LogP contribution in [0.1, 0.15) is 40.2 Å². The Bertz CT molecular complexity index is 1030. The second-order valence-corrected chi connectivity index (χ2v) is 7.44. The summed E-state index contributed by atoms with van der Waals surface area (Å²) < 4.78 is 11.1. The molecule has 10 nitrogen and oxygen atoms in total. The van der Waals surface area contributed by atoms with Crippen LogP contribution in [0.2, 0.25) is 0 Å². The van der Waals surface area contributed by atoms with Crippen molar-refractivity contribution in [3.8, 4) is 11.6 Å². The van der Waals surface area contributed by atoms with E-state index in [-0.39, 0.29) is 11.8 Å². The Morgan fingerprint density at radius 2 is 2.06 bits per heavy atom. The molecule has 0 aliphatic carbocycles. The van der Waals surface area contributed by atoms with Gasteiger partial charge in [0.25, 0.3) is 5.91 Å².